The van der Waals surface area contributed by atoms with E-state index in [0.29, 0.717) is 17.5 Å². The van der Waals surface area contributed by atoms with Crippen LogP contribution in [0.25, 0.3) is 5.65 Å². The highest BCUT2D eigenvalue weighted by Gasteiger charge is 2.37. The van der Waals surface area contributed by atoms with Crippen LogP contribution in [-0.2, 0) is 16.0 Å². The molecular formula is C11H12F3N5O2S. The zero-order valence-electron chi connectivity index (χ0n) is 11.2. The van der Waals surface area contributed by atoms with Gasteiger partial charge in [-0.25, -0.2) is 8.42 Å². The van der Waals surface area contributed by atoms with E-state index in [0.717, 1.165) is 0 Å². The Bertz CT molecular complexity index is 802. The van der Waals surface area contributed by atoms with Crippen LogP contribution in [0.2, 0.25) is 0 Å². The summed E-state index contributed by atoms with van der Waals surface area (Å²) in [4.78, 5) is 0. The first-order valence-electron chi connectivity index (χ1n) is 6.48. The third kappa shape index (κ3) is 2.98. The first-order chi connectivity index (χ1) is 10.2. The van der Waals surface area contributed by atoms with E-state index in [4.69, 9.17) is 0 Å². The van der Waals surface area contributed by atoms with Gasteiger partial charge >= 0.3 is 6.18 Å². The van der Waals surface area contributed by atoms with Gasteiger partial charge < -0.3 is 5.32 Å². The molecule has 7 nitrogen and oxygen atoms in total. The molecule has 1 N–H and O–H groups in total. The predicted molar refractivity (Wildman–Crippen MR) is 71.0 cm³/mol. The van der Waals surface area contributed by atoms with Gasteiger partial charge in [-0.05, 0) is 24.5 Å². The number of aromatic nitrogens is 4. The van der Waals surface area contributed by atoms with Crippen LogP contribution >= 0.6 is 0 Å². The number of halogens is 3. The average Bonchev–Trinajstić information content (AvgIpc) is 2.98. The fourth-order valence-corrected chi connectivity index (χ4v) is 4.20. The maximum atomic E-state index is 12.7. The number of alkyl halides is 3. The zero-order valence-corrected chi connectivity index (χ0v) is 12.0. The minimum absolute atomic E-state index is 0.0127. The van der Waals surface area contributed by atoms with Crippen molar-refractivity contribution in [2.24, 2.45) is 5.92 Å². The Morgan fingerprint density at radius 3 is 2.73 bits per heavy atom. The Morgan fingerprint density at radius 1 is 1.32 bits per heavy atom. The Kier molecular flexibility index (Phi) is 3.46. The molecule has 3 rings (SSSR count). The smallest absolute Gasteiger partial charge is 0.368 e. The summed E-state index contributed by atoms with van der Waals surface area (Å²) < 4.78 is 61.6. The molecule has 0 aliphatic carbocycles. The number of hydrogen-bond donors (Lipinski definition) is 1. The number of sulfone groups is 1. The third-order valence-electron chi connectivity index (χ3n) is 3.41. The maximum absolute atomic E-state index is 12.7. The molecule has 22 heavy (non-hydrogen) atoms. The van der Waals surface area contributed by atoms with Gasteiger partial charge in [0.25, 0.3) is 5.82 Å². The van der Waals surface area contributed by atoms with Crippen molar-refractivity contribution in [3.8, 4) is 0 Å². The summed E-state index contributed by atoms with van der Waals surface area (Å²) in [5, 5.41) is 13.2. The van der Waals surface area contributed by atoms with Gasteiger partial charge in [0.1, 0.15) is 5.82 Å². The van der Waals surface area contributed by atoms with E-state index in [1.807, 2.05) is 0 Å². The molecule has 0 aromatic carbocycles. The molecule has 3 heterocycles. The fourth-order valence-electron chi connectivity index (χ4n) is 2.34. The van der Waals surface area contributed by atoms with Gasteiger partial charge in [-0.2, -0.15) is 17.7 Å². The van der Waals surface area contributed by atoms with Crippen molar-refractivity contribution in [3.63, 3.8) is 0 Å². The standard InChI is InChI=1S/C11H12F3N5O2S/c12-11(13,14)10-17-16-9-2-1-8(18-19(9)10)15-5-7-3-4-22(20,21)6-7/h1-2,7H,3-6H2,(H,15,18). The summed E-state index contributed by atoms with van der Waals surface area (Å²) in [6, 6.07) is 2.84. The molecule has 2 aromatic rings. The summed E-state index contributed by atoms with van der Waals surface area (Å²) >= 11 is 0. The normalized spacial score (nSPS) is 21.3. The second-order valence-electron chi connectivity index (χ2n) is 5.16. The topological polar surface area (TPSA) is 89.2 Å². The summed E-state index contributed by atoms with van der Waals surface area (Å²) in [5.41, 5.74) is -0.0127. The Morgan fingerprint density at radius 2 is 2.09 bits per heavy atom. The van der Waals surface area contributed by atoms with E-state index in [2.05, 4.69) is 20.6 Å². The van der Waals surface area contributed by atoms with E-state index < -0.39 is 21.8 Å². The minimum atomic E-state index is -4.65. The van der Waals surface area contributed by atoms with Gasteiger partial charge in [0.2, 0.25) is 0 Å². The lowest BCUT2D eigenvalue weighted by molar-refractivity contribution is -0.146. The van der Waals surface area contributed by atoms with Crippen LogP contribution in [0.4, 0.5) is 19.0 Å². The predicted octanol–water partition coefficient (Wildman–Crippen LogP) is 0.990. The van der Waals surface area contributed by atoms with Crippen molar-refractivity contribution in [1.29, 1.82) is 0 Å². The Hall–Kier alpha value is -1.91. The van der Waals surface area contributed by atoms with Crippen molar-refractivity contribution in [3.05, 3.63) is 18.0 Å². The van der Waals surface area contributed by atoms with Gasteiger partial charge in [-0.15, -0.1) is 15.3 Å². The van der Waals surface area contributed by atoms with Crippen LogP contribution in [0.5, 0.6) is 0 Å². The van der Waals surface area contributed by atoms with Gasteiger partial charge in [-0.3, -0.25) is 0 Å². The van der Waals surface area contributed by atoms with Crippen molar-refractivity contribution in [2.75, 3.05) is 23.4 Å². The summed E-state index contributed by atoms with van der Waals surface area (Å²) in [6.07, 6.45) is -4.11. The summed E-state index contributed by atoms with van der Waals surface area (Å²) in [6.45, 7) is 0.335. The monoisotopic (exact) mass is 335 g/mol. The molecule has 1 fully saturated rings. The fraction of sp³-hybridized carbons (Fsp3) is 0.545. The van der Waals surface area contributed by atoms with Crippen LogP contribution in [0, 0.1) is 5.92 Å². The lowest BCUT2D eigenvalue weighted by Gasteiger charge is -2.10. The van der Waals surface area contributed by atoms with E-state index in [-0.39, 0.29) is 28.9 Å². The summed E-state index contributed by atoms with van der Waals surface area (Å²) in [7, 11) is -2.99. The van der Waals surface area contributed by atoms with Crippen LogP contribution in [0.3, 0.4) is 0 Å². The van der Waals surface area contributed by atoms with E-state index >= 15 is 0 Å². The highest BCUT2D eigenvalue weighted by Crippen LogP contribution is 2.27. The van der Waals surface area contributed by atoms with Crippen molar-refractivity contribution in [1.82, 2.24) is 19.8 Å². The number of rotatable bonds is 3. The van der Waals surface area contributed by atoms with Gasteiger partial charge in [0.05, 0.1) is 11.5 Å². The SMILES string of the molecule is O=S1(=O)CCC(CNc2ccc3nnc(C(F)(F)F)n3n2)C1. The van der Waals surface area contributed by atoms with Gasteiger partial charge in [-0.1, -0.05) is 0 Å². The number of nitrogens with zero attached hydrogens (tertiary/aromatic N) is 4. The van der Waals surface area contributed by atoms with Crippen LogP contribution in [0.1, 0.15) is 12.2 Å². The van der Waals surface area contributed by atoms with Crippen LogP contribution in [0.15, 0.2) is 12.1 Å². The number of hydrogen-bond acceptors (Lipinski definition) is 6. The molecule has 2 aromatic heterocycles. The van der Waals surface area contributed by atoms with Crippen molar-refractivity contribution in [2.45, 2.75) is 12.6 Å². The highest BCUT2D eigenvalue weighted by molar-refractivity contribution is 7.91. The average molecular weight is 335 g/mol. The Balaban J connectivity index is 1.77. The molecule has 0 radical (unpaired) electrons. The maximum Gasteiger partial charge on any atom is 0.453 e. The van der Waals surface area contributed by atoms with Crippen LogP contribution < -0.4 is 5.32 Å². The molecular weight excluding hydrogens is 323 g/mol. The van der Waals surface area contributed by atoms with Gasteiger partial charge in [0, 0.05) is 6.54 Å². The molecule has 1 saturated heterocycles. The molecule has 0 saturated carbocycles. The number of nitrogens with one attached hydrogen (secondary N) is 1. The third-order valence-corrected chi connectivity index (χ3v) is 5.25. The number of anilines is 1. The molecule has 0 bridgehead atoms. The molecule has 1 aliphatic rings. The second kappa shape index (κ2) is 5.07. The molecule has 1 atom stereocenters. The first-order valence-corrected chi connectivity index (χ1v) is 8.31. The number of fused-ring (bicyclic) bond motifs is 1. The molecule has 11 heteroatoms. The summed E-state index contributed by atoms with van der Waals surface area (Å²) in [5.74, 6) is -0.819. The minimum Gasteiger partial charge on any atom is -0.368 e. The molecule has 1 aliphatic heterocycles. The van der Waals surface area contributed by atoms with E-state index in [1.165, 1.54) is 12.1 Å². The molecule has 120 valence electrons. The largest absolute Gasteiger partial charge is 0.453 e. The van der Waals surface area contributed by atoms with E-state index in [9.17, 15) is 21.6 Å². The highest BCUT2D eigenvalue weighted by atomic mass is 32.2. The molecule has 1 unspecified atom stereocenters. The zero-order chi connectivity index (χ0) is 16.0. The second-order valence-corrected chi connectivity index (χ2v) is 7.39. The lowest BCUT2D eigenvalue weighted by atomic mass is 10.1. The van der Waals surface area contributed by atoms with Crippen molar-refractivity contribution < 1.29 is 21.6 Å². The molecule has 0 amide bonds. The van der Waals surface area contributed by atoms with Gasteiger partial charge in [0.15, 0.2) is 15.5 Å². The lowest BCUT2D eigenvalue weighted by Crippen LogP contribution is -2.18. The first kappa shape index (κ1) is 15.0. The molecule has 0 spiro atoms. The van der Waals surface area contributed by atoms with E-state index in [1.54, 1.807) is 0 Å². The van der Waals surface area contributed by atoms with Crippen molar-refractivity contribution >= 4 is 21.3 Å². The Labute approximate surface area is 123 Å². The van der Waals surface area contributed by atoms with Crippen LogP contribution in [-0.4, -0.2) is 46.3 Å². The quantitative estimate of drug-likeness (QED) is 0.900.